The van der Waals surface area contributed by atoms with E-state index in [9.17, 15) is 4.39 Å². The largest absolute Gasteiger partial charge is 0.345 e. The predicted molar refractivity (Wildman–Crippen MR) is 63.4 cm³/mol. The molecule has 0 aromatic heterocycles. The standard InChI is InChI=1S/C13H9FN4/c1-8-3-11(14)4-9(2)13(8)18-12(7-17)10(5-15)6-16/h3-4,18H,1-2H3. The lowest BCUT2D eigenvalue weighted by Crippen LogP contribution is -2.04. The van der Waals surface area contributed by atoms with Gasteiger partial charge in [-0.25, -0.2) is 4.39 Å². The molecule has 1 aromatic rings. The molecule has 0 saturated carbocycles. The van der Waals surface area contributed by atoms with Crippen molar-refractivity contribution in [2.45, 2.75) is 13.8 Å². The Morgan fingerprint density at radius 1 is 1.06 bits per heavy atom. The number of hydrogen-bond donors (Lipinski definition) is 1. The van der Waals surface area contributed by atoms with E-state index in [2.05, 4.69) is 5.32 Å². The second-order valence-electron chi connectivity index (χ2n) is 3.62. The highest BCUT2D eigenvalue weighted by Crippen LogP contribution is 2.23. The zero-order valence-electron chi connectivity index (χ0n) is 9.87. The summed E-state index contributed by atoms with van der Waals surface area (Å²) in [6.07, 6.45) is 0. The fraction of sp³-hybridized carbons (Fsp3) is 0.154. The topological polar surface area (TPSA) is 83.4 Å². The number of hydrogen-bond acceptors (Lipinski definition) is 4. The summed E-state index contributed by atoms with van der Waals surface area (Å²) in [5.74, 6) is -0.376. The van der Waals surface area contributed by atoms with Crippen molar-refractivity contribution in [2.75, 3.05) is 5.32 Å². The molecule has 0 amide bonds. The summed E-state index contributed by atoms with van der Waals surface area (Å²) in [5, 5.41) is 29.0. The summed E-state index contributed by atoms with van der Waals surface area (Å²) in [7, 11) is 0. The molecule has 0 unspecified atom stereocenters. The van der Waals surface area contributed by atoms with Gasteiger partial charge < -0.3 is 5.32 Å². The number of aryl methyl sites for hydroxylation is 2. The number of anilines is 1. The fourth-order valence-corrected chi connectivity index (χ4v) is 1.52. The number of halogens is 1. The maximum absolute atomic E-state index is 13.1. The number of nitrogens with zero attached hydrogens (tertiary/aromatic N) is 3. The number of benzene rings is 1. The van der Waals surface area contributed by atoms with Gasteiger partial charge in [0, 0.05) is 5.69 Å². The van der Waals surface area contributed by atoms with Crippen molar-refractivity contribution in [3.63, 3.8) is 0 Å². The molecule has 0 atom stereocenters. The van der Waals surface area contributed by atoms with Gasteiger partial charge in [-0.05, 0) is 37.1 Å². The van der Waals surface area contributed by atoms with Gasteiger partial charge in [0.1, 0.15) is 29.7 Å². The van der Waals surface area contributed by atoms with Crippen LogP contribution in [-0.4, -0.2) is 0 Å². The molecule has 1 aromatic carbocycles. The lowest BCUT2D eigenvalue weighted by molar-refractivity contribution is 0.625. The van der Waals surface area contributed by atoms with E-state index in [0.29, 0.717) is 16.8 Å². The first kappa shape index (κ1) is 13.2. The van der Waals surface area contributed by atoms with Gasteiger partial charge in [-0.3, -0.25) is 0 Å². The monoisotopic (exact) mass is 240 g/mol. The summed E-state index contributed by atoms with van der Waals surface area (Å²) < 4.78 is 13.1. The second-order valence-corrected chi connectivity index (χ2v) is 3.62. The molecule has 0 saturated heterocycles. The van der Waals surface area contributed by atoms with Crippen LogP contribution < -0.4 is 5.32 Å². The molecule has 0 spiro atoms. The molecule has 1 rings (SSSR count). The van der Waals surface area contributed by atoms with E-state index in [-0.39, 0.29) is 17.1 Å². The Morgan fingerprint density at radius 3 is 1.94 bits per heavy atom. The van der Waals surface area contributed by atoms with Crippen LogP contribution in [0.4, 0.5) is 10.1 Å². The van der Waals surface area contributed by atoms with Crippen LogP contribution in [0.3, 0.4) is 0 Å². The average molecular weight is 240 g/mol. The Kier molecular flexibility index (Phi) is 4.02. The third-order valence-corrected chi connectivity index (χ3v) is 2.33. The SMILES string of the molecule is Cc1cc(F)cc(C)c1NC(C#N)=C(C#N)C#N. The number of rotatable bonds is 2. The Balaban J connectivity index is 3.30. The molecular weight excluding hydrogens is 231 g/mol. The third-order valence-electron chi connectivity index (χ3n) is 2.33. The van der Waals surface area contributed by atoms with Crippen molar-refractivity contribution < 1.29 is 4.39 Å². The van der Waals surface area contributed by atoms with Gasteiger partial charge in [0.15, 0.2) is 5.57 Å². The molecule has 5 heteroatoms. The zero-order chi connectivity index (χ0) is 13.7. The lowest BCUT2D eigenvalue weighted by atomic mass is 10.1. The normalized spacial score (nSPS) is 8.67. The minimum atomic E-state index is -0.376. The molecule has 0 aliphatic rings. The average Bonchev–Trinajstić information content (AvgIpc) is 2.32. The van der Waals surface area contributed by atoms with Crippen LogP contribution in [0.1, 0.15) is 11.1 Å². The van der Waals surface area contributed by atoms with Gasteiger partial charge in [0.25, 0.3) is 0 Å². The highest BCUT2D eigenvalue weighted by atomic mass is 19.1. The van der Waals surface area contributed by atoms with Crippen molar-refractivity contribution in [3.05, 3.63) is 40.3 Å². The summed E-state index contributed by atoms with van der Waals surface area (Å²) >= 11 is 0. The second kappa shape index (κ2) is 5.48. The molecule has 0 aliphatic heterocycles. The molecule has 18 heavy (non-hydrogen) atoms. The maximum atomic E-state index is 13.1. The van der Waals surface area contributed by atoms with Crippen LogP contribution in [0.5, 0.6) is 0 Å². The van der Waals surface area contributed by atoms with E-state index in [0.717, 1.165) is 0 Å². The minimum absolute atomic E-state index is 0.141. The Hall–Kier alpha value is -2.84. The quantitative estimate of drug-likeness (QED) is 0.805. The minimum Gasteiger partial charge on any atom is -0.345 e. The Bertz CT molecular complexity index is 599. The van der Waals surface area contributed by atoms with Crippen LogP contribution >= 0.6 is 0 Å². The first-order valence-corrected chi connectivity index (χ1v) is 5.01. The van der Waals surface area contributed by atoms with E-state index < -0.39 is 0 Å². The summed E-state index contributed by atoms with van der Waals surface area (Å²) in [4.78, 5) is 0. The fourth-order valence-electron chi connectivity index (χ4n) is 1.52. The Morgan fingerprint density at radius 2 is 1.56 bits per heavy atom. The molecule has 1 N–H and O–H groups in total. The van der Waals surface area contributed by atoms with Crippen molar-refractivity contribution in [2.24, 2.45) is 0 Å². The van der Waals surface area contributed by atoms with E-state index in [1.807, 2.05) is 0 Å². The molecule has 0 aliphatic carbocycles. The van der Waals surface area contributed by atoms with Crippen LogP contribution in [0, 0.1) is 53.7 Å². The first-order valence-electron chi connectivity index (χ1n) is 5.01. The molecular formula is C13H9FN4. The van der Waals surface area contributed by atoms with E-state index >= 15 is 0 Å². The van der Waals surface area contributed by atoms with Crippen LogP contribution in [-0.2, 0) is 0 Å². The van der Waals surface area contributed by atoms with Crippen LogP contribution in [0.15, 0.2) is 23.4 Å². The van der Waals surface area contributed by atoms with Crippen molar-refractivity contribution in [3.8, 4) is 18.2 Å². The van der Waals surface area contributed by atoms with E-state index in [1.165, 1.54) is 12.1 Å². The van der Waals surface area contributed by atoms with Gasteiger partial charge in [-0.1, -0.05) is 0 Å². The van der Waals surface area contributed by atoms with Crippen LogP contribution in [0.2, 0.25) is 0 Å². The highest BCUT2D eigenvalue weighted by Gasteiger charge is 2.10. The van der Waals surface area contributed by atoms with E-state index in [1.54, 1.807) is 32.1 Å². The summed E-state index contributed by atoms with van der Waals surface area (Å²) in [5.41, 5.74) is 1.26. The van der Waals surface area contributed by atoms with Crippen molar-refractivity contribution in [1.82, 2.24) is 0 Å². The lowest BCUT2D eigenvalue weighted by Gasteiger charge is -2.11. The summed E-state index contributed by atoms with van der Waals surface area (Å²) in [6.45, 7) is 3.34. The molecule has 0 bridgehead atoms. The molecule has 0 fully saturated rings. The highest BCUT2D eigenvalue weighted by molar-refractivity contribution is 5.64. The van der Waals surface area contributed by atoms with Gasteiger partial charge in [0.05, 0.1) is 0 Å². The summed E-state index contributed by atoms with van der Waals surface area (Å²) in [6, 6.07) is 7.63. The smallest absolute Gasteiger partial charge is 0.163 e. The molecule has 4 nitrogen and oxygen atoms in total. The molecule has 88 valence electrons. The number of allylic oxidation sites excluding steroid dienone is 2. The number of nitrogens with one attached hydrogen (secondary N) is 1. The third kappa shape index (κ3) is 2.64. The zero-order valence-corrected chi connectivity index (χ0v) is 9.87. The van der Waals surface area contributed by atoms with Gasteiger partial charge >= 0.3 is 0 Å². The number of nitriles is 3. The molecule has 0 radical (unpaired) electrons. The van der Waals surface area contributed by atoms with E-state index in [4.69, 9.17) is 15.8 Å². The predicted octanol–water partition coefficient (Wildman–Crippen LogP) is 2.68. The van der Waals surface area contributed by atoms with Crippen LogP contribution in [0.25, 0.3) is 0 Å². The first-order chi connectivity index (χ1) is 8.53. The van der Waals surface area contributed by atoms with Gasteiger partial charge in [-0.2, -0.15) is 15.8 Å². The molecule has 0 heterocycles. The maximum Gasteiger partial charge on any atom is 0.163 e. The Labute approximate surface area is 104 Å². The van der Waals surface area contributed by atoms with Crippen molar-refractivity contribution >= 4 is 5.69 Å². The van der Waals surface area contributed by atoms with Crippen molar-refractivity contribution in [1.29, 1.82) is 15.8 Å². The van der Waals surface area contributed by atoms with Gasteiger partial charge in [0.2, 0.25) is 0 Å². The van der Waals surface area contributed by atoms with Gasteiger partial charge in [-0.15, -0.1) is 0 Å².